The molecule has 0 aromatic carbocycles. The molecule has 0 aliphatic carbocycles. The molecule has 0 aromatic rings. The van der Waals surface area contributed by atoms with Crippen molar-refractivity contribution in [1.82, 2.24) is 8.61 Å². The molecular weight excluding hydrogens is 274 g/mol. The van der Waals surface area contributed by atoms with Crippen LogP contribution in [0.15, 0.2) is 0 Å². The highest BCUT2D eigenvalue weighted by Gasteiger charge is 2.39. The molecule has 7 heteroatoms. The van der Waals surface area contributed by atoms with Crippen LogP contribution >= 0.6 is 12.4 Å². The van der Waals surface area contributed by atoms with Crippen molar-refractivity contribution in [1.29, 1.82) is 0 Å². The minimum atomic E-state index is -3.30. The van der Waals surface area contributed by atoms with Crippen LogP contribution in [0.25, 0.3) is 0 Å². The zero-order valence-corrected chi connectivity index (χ0v) is 13.4. The van der Waals surface area contributed by atoms with E-state index >= 15 is 0 Å². The van der Waals surface area contributed by atoms with Crippen molar-refractivity contribution in [2.24, 2.45) is 17.1 Å². The van der Waals surface area contributed by atoms with Crippen LogP contribution in [0, 0.1) is 11.3 Å². The smallest absolute Gasteiger partial charge is 0.281 e. The first-order valence-electron chi connectivity index (χ1n) is 6.13. The normalized spacial score (nSPS) is 25.7. The van der Waals surface area contributed by atoms with Crippen molar-refractivity contribution in [2.75, 3.05) is 33.2 Å². The van der Waals surface area contributed by atoms with Gasteiger partial charge >= 0.3 is 0 Å². The van der Waals surface area contributed by atoms with Crippen LogP contribution < -0.4 is 5.73 Å². The molecule has 1 heterocycles. The Bertz CT molecular complexity index is 361. The molecule has 18 heavy (non-hydrogen) atoms. The lowest BCUT2D eigenvalue weighted by molar-refractivity contribution is 0.328. The Labute approximate surface area is 117 Å². The van der Waals surface area contributed by atoms with E-state index in [2.05, 4.69) is 0 Å². The molecule has 1 aliphatic rings. The van der Waals surface area contributed by atoms with Gasteiger partial charge in [0.05, 0.1) is 0 Å². The van der Waals surface area contributed by atoms with Gasteiger partial charge in [-0.3, -0.25) is 0 Å². The third kappa shape index (κ3) is 4.06. The predicted molar refractivity (Wildman–Crippen MR) is 77.0 cm³/mol. The quantitative estimate of drug-likeness (QED) is 0.820. The maximum absolute atomic E-state index is 12.3. The fraction of sp³-hybridized carbons (Fsp3) is 1.00. The summed E-state index contributed by atoms with van der Waals surface area (Å²) in [5.74, 6) is 0.332. The molecule has 0 aromatic heterocycles. The number of halogens is 1. The van der Waals surface area contributed by atoms with E-state index in [9.17, 15) is 8.42 Å². The van der Waals surface area contributed by atoms with Gasteiger partial charge in [0, 0.05) is 26.7 Å². The summed E-state index contributed by atoms with van der Waals surface area (Å²) < 4.78 is 27.6. The lowest BCUT2D eigenvalue weighted by Crippen LogP contribution is -2.43. The largest absolute Gasteiger partial charge is 0.330 e. The van der Waals surface area contributed by atoms with E-state index < -0.39 is 10.2 Å². The van der Waals surface area contributed by atoms with Crippen molar-refractivity contribution < 1.29 is 8.42 Å². The van der Waals surface area contributed by atoms with Crippen molar-refractivity contribution >= 4 is 22.6 Å². The van der Waals surface area contributed by atoms with Crippen LogP contribution in [-0.4, -0.2) is 50.3 Å². The minimum Gasteiger partial charge on any atom is -0.330 e. The van der Waals surface area contributed by atoms with E-state index in [0.717, 1.165) is 6.42 Å². The van der Waals surface area contributed by atoms with Crippen LogP contribution in [0.1, 0.15) is 27.2 Å². The first-order chi connectivity index (χ1) is 7.71. The van der Waals surface area contributed by atoms with E-state index in [1.807, 2.05) is 20.8 Å². The van der Waals surface area contributed by atoms with Crippen LogP contribution in [0.3, 0.4) is 0 Å². The number of hydrogen-bond acceptors (Lipinski definition) is 3. The molecule has 1 unspecified atom stereocenters. The molecule has 1 aliphatic heterocycles. The third-order valence-electron chi connectivity index (χ3n) is 3.36. The lowest BCUT2D eigenvalue weighted by Gasteiger charge is -2.27. The molecule has 5 nitrogen and oxygen atoms in total. The molecule has 1 rings (SSSR count). The Morgan fingerprint density at radius 2 is 2.00 bits per heavy atom. The highest BCUT2D eigenvalue weighted by molar-refractivity contribution is 7.86. The van der Waals surface area contributed by atoms with Crippen molar-refractivity contribution in [3.05, 3.63) is 0 Å². The van der Waals surface area contributed by atoms with Gasteiger partial charge in [0.15, 0.2) is 0 Å². The van der Waals surface area contributed by atoms with Gasteiger partial charge in [0.25, 0.3) is 10.2 Å². The number of rotatable bonds is 5. The van der Waals surface area contributed by atoms with E-state index in [0.29, 0.717) is 32.1 Å². The Balaban J connectivity index is 0.00000289. The Morgan fingerprint density at radius 1 is 1.44 bits per heavy atom. The number of nitrogens with zero attached hydrogens (tertiary/aromatic N) is 2. The van der Waals surface area contributed by atoms with E-state index in [1.54, 1.807) is 11.4 Å². The molecule has 2 N–H and O–H groups in total. The first-order valence-corrected chi connectivity index (χ1v) is 7.52. The molecule has 0 spiro atoms. The molecule has 1 saturated heterocycles. The van der Waals surface area contributed by atoms with Crippen LogP contribution in [0.5, 0.6) is 0 Å². The summed E-state index contributed by atoms with van der Waals surface area (Å²) in [6.45, 7) is 8.28. The van der Waals surface area contributed by atoms with Crippen LogP contribution in [-0.2, 0) is 10.2 Å². The maximum Gasteiger partial charge on any atom is 0.281 e. The predicted octanol–water partition coefficient (Wildman–Crippen LogP) is 0.911. The summed E-state index contributed by atoms with van der Waals surface area (Å²) in [7, 11) is -1.66. The van der Waals surface area contributed by atoms with Crippen LogP contribution in [0.2, 0.25) is 0 Å². The van der Waals surface area contributed by atoms with E-state index in [1.165, 1.54) is 4.31 Å². The molecule has 1 atom stereocenters. The maximum atomic E-state index is 12.3. The summed E-state index contributed by atoms with van der Waals surface area (Å²) in [6, 6.07) is 0. The van der Waals surface area contributed by atoms with Crippen LogP contribution in [0.4, 0.5) is 0 Å². The average Bonchev–Trinajstić information content (AvgIpc) is 2.61. The Morgan fingerprint density at radius 3 is 2.39 bits per heavy atom. The summed E-state index contributed by atoms with van der Waals surface area (Å²) in [4.78, 5) is 0. The first kappa shape index (κ1) is 18.1. The van der Waals surface area contributed by atoms with Gasteiger partial charge < -0.3 is 5.73 Å². The molecular formula is C11H26ClN3O2S. The molecule has 0 amide bonds. The second-order valence-corrected chi connectivity index (χ2v) is 7.82. The van der Waals surface area contributed by atoms with Gasteiger partial charge in [-0.15, -0.1) is 12.4 Å². The second-order valence-electron chi connectivity index (χ2n) is 5.78. The average molecular weight is 300 g/mol. The zero-order valence-electron chi connectivity index (χ0n) is 11.7. The third-order valence-corrected chi connectivity index (χ3v) is 5.26. The zero-order chi connectivity index (χ0) is 13.3. The lowest BCUT2D eigenvalue weighted by atomic mass is 9.90. The fourth-order valence-corrected chi connectivity index (χ4v) is 3.83. The molecule has 1 fully saturated rings. The molecule has 110 valence electrons. The van der Waals surface area contributed by atoms with E-state index in [4.69, 9.17) is 5.73 Å². The minimum absolute atomic E-state index is 0. The van der Waals surface area contributed by atoms with Gasteiger partial charge in [-0.2, -0.15) is 17.0 Å². The Hall–Kier alpha value is 0.120. The van der Waals surface area contributed by atoms with E-state index in [-0.39, 0.29) is 17.8 Å². The standard InChI is InChI=1S/C11H25N3O2S.ClH/c1-10(2)7-13(4)17(15,16)14-6-5-11(3,8-12)9-14;/h10H,5-9,12H2,1-4H3;1H. The summed E-state index contributed by atoms with van der Waals surface area (Å²) in [5.41, 5.74) is 5.63. The van der Waals surface area contributed by atoms with Gasteiger partial charge in [0.1, 0.15) is 0 Å². The highest BCUT2D eigenvalue weighted by atomic mass is 35.5. The van der Waals surface area contributed by atoms with Crippen molar-refractivity contribution in [2.45, 2.75) is 27.2 Å². The fourth-order valence-electron chi connectivity index (χ4n) is 2.15. The second kappa shape index (κ2) is 6.52. The SMILES string of the molecule is CC(C)CN(C)S(=O)(=O)N1CCC(C)(CN)C1.Cl. The van der Waals surface area contributed by atoms with Crippen molar-refractivity contribution in [3.8, 4) is 0 Å². The summed E-state index contributed by atoms with van der Waals surface area (Å²) in [6.07, 6.45) is 0.845. The topological polar surface area (TPSA) is 66.6 Å². The molecule has 0 saturated carbocycles. The Kier molecular flexibility index (Phi) is 6.56. The summed E-state index contributed by atoms with van der Waals surface area (Å²) >= 11 is 0. The summed E-state index contributed by atoms with van der Waals surface area (Å²) in [5, 5.41) is 0. The van der Waals surface area contributed by atoms with Gasteiger partial charge in [-0.05, 0) is 24.3 Å². The molecule has 0 bridgehead atoms. The molecule has 0 radical (unpaired) electrons. The van der Waals surface area contributed by atoms with Gasteiger partial charge in [-0.1, -0.05) is 20.8 Å². The van der Waals surface area contributed by atoms with Crippen molar-refractivity contribution in [3.63, 3.8) is 0 Å². The van der Waals surface area contributed by atoms with Gasteiger partial charge in [0.2, 0.25) is 0 Å². The highest BCUT2D eigenvalue weighted by Crippen LogP contribution is 2.31. The van der Waals surface area contributed by atoms with Gasteiger partial charge in [-0.25, -0.2) is 0 Å². The monoisotopic (exact) mass is 299 g/mol. The number of nitrogens with two attached hydrogens (primary N) is 1. The number of hydrogen-bond donors (Lipinski definition) is 1.